The van der Waals surface area contributed by atoms with Crippen LogP contribution < -0.4 is 10.5 Å². The van der Waals surface area contributed by atoms with Gasteiger partial charge in [-0.2, -0.15) is 4.37 Å². The Balaban J connectivity index is 1.13. The lowest BCUT2D eigenvalue weighted by atomic mass is 10.1. The maximum absolute atomic E-state index is 13.2. The van der Waals surface area contributed by atoms with E-state index in [1.54, 1.807) is 29.2 Å². The van der Waals surface area contributed by atoms with Gasteiger partial charge in [-0.25, -0.2) is 4.98 Å². The zero-order valence-electron chi connectivity index (χ0n) is 18.2. The highest BCUT2D eigenvalue weighted by atomic mass is 32.1. The predicted molar refractivity (Wildman–Crippen MR) is 132 cm³/mol. The molecule has 0 aliphatic carbocycles. The van der Waals surface area contributed by atoms with Crippen LogP contribution >= 0.6 is 22.9 Å². The molecule has 9 heteroatoms. The van der Waals surface area contributed by atoms with E-state index in [4.69, 9.17) is 4.37 Å². The Morgan fingerprint density at radius 3 is 2.78 bits per heavy atom. The third-order valence-electron chi connectivity index (χ3n) is 6.71. The van der Waals surface area contributed by atoms with E-state index in [-0.39, 0.29) is 5.56 Å². The number of thiophene rings is 1. The van der Waals surface area contributed by atoms with Crippen LogP contribution in [0.5, 0.6) is 0 Å². The number of benzene rings is 1. The molecule has 5 heterocycles. The third-order valence-corrected chi connectivity index (χ3v) is 8.65. The molecule has 1 aromatic carbocycles. The number of aromatic nitrogens is 3. The number of nitrogens with zero attached hydrogens (tertiary/aromatic N) is 6. The summed E-state index contributed by atoms with van der Waals surface area (Å²) in [5.41, 5.74) is 1.36. The summed E-state index contributed by atoms with van der Waals surface area (Å²) < 4.78 is 7.76. The van der Waals surface area contributed by atoms with Crippen LogP contribution in [-0.4, -0.2) is 70.0 Å². The molecule has 2 aliphatic heterocycles. The number of hydrogen-bond donors (Lipinski definition) is 0. The maximum Gasteiger partial charge on any atom is 0.262 e. The Bertz CT molecular complexity index is 1330. The summed E-state index contributed by atoms with van der Waals surface area (Å²) in [7, 11) is 2.13. The maximum atomic E-state index is 13.2. The number of fused-ring (bicyclic) bond motifs is 4. The van der Waals surface area contributed by atoms with Crippen LogP contribution in [0.3, 0.4) is 0 Å². The highest BCUT2D eigenvalue weighted by molar-refractivity contribution is 7.18. The van der Waals surface area contributed by atoms with E-state index in [1.807, 2.05) is 4.57 Å². The molecule has 7 nitrogen and oxygen atoms in total. The van der Waals surface area contributed by atoms with Gasteiger partial charge in [0.2, 0.25) is 0 Å². The molecule has 32 heavy (non-hydrogen) atoms. The molecule has 0 amide bonds. The van der Waals surface area contributed by atoms with Crippen molar-refractivity contribution in [3.63, 3.8) is 0 Å². The SMILES string of the molecule is CN1CCc2c(sc3ncn(CCN4CCN(c5nsc6ccccc56)CC4)c(=O)c23)C1. The standard InChI is InChI=1S/C23H26N6OS2/c1-26-7-6-16-19(14-26)31-22-20(16)23(30)29(15-24-22)13-10-27-8-11-28(12-9-27)21-17-4-2-3-5-18(17)32-25-21/h2-5,15H,6-14H2,1H3. The Morgan fingerprint density at radius 1 is 1.06 bits per heavy atom. The van der Waals surface area contributed by atoms with Crippen molar-refractivity contribution in [3.05, 3.63) is 51.4 Å². The summed E-state index contributed by atoms with van der Waals surface area (Å²) in [4.78, 5) is 27.2. The van der Waals surface area contributed by atoms with Crippen LogP contribution in [0.4, 0.5) is 5.82 Å². The largest absolute Gasteiger partial charge is 0.353 e. The lowest BCUT2D eigenvalue weighted by molar-refractivity contribution is 0.247. The Kier molecular flexibility index (Phi) is 5.21. The van der Waals surface area contributed by atoms with Gasteiger partial charge in [0.05, 0.1) is 16.4 Å². The molecule has 1 fully saturated rings. The minimum absolute atomic E-state index is 0.129. The van der Waals surface area contributed by atoms with Crippen molar-refractivity contribution in [2.24, 2.45) is 0 Å². The average molecular weight is 467 g/mol. The summed E-state index contributed by atoms with van der Waals surface area (Å²) in [6, 6.07) is 8.46. The van der Waals surface area contributed by atoms with Crippen molar-refractivity contribution in [1.29, 1.82) is 0 Å². The first kappa shape index (κ1) is 20.3. The zero-order chi connectivity index (χ0) is 21.7. The van der Waals surface area contributed by atoms with E-state index >= 15 is 0 Å². The minimum atomic E-state index is 0.129. The van der Waals surface area contributed by atoms with Gasteiger partial charge in [0.25, 0.3) is 5.56 Å². The predicted octanol–water partition coefficient (Wildman–Crippen LogP) is 2.88. The van der Waals surface area contributed by atoms with Crippen molar-refractivity contribution >= 4 is 49.0 Å². The minimum Gasteiger partial charge on any atom is -0.353 e. The van der Waals surface area contributed by atoms with Gasteiger partial charge in [-0.05, 0) is 42.7 Å². The number of anilines is 1. The molecule has 0 bridgehead atoms. The fourth-order valence-corrected chi connectivity index (χ4v) is 6.89. The molecule has 0 spiro atoms. The summed E-state index contributed by atoms with van der Waals surface area (Å²) in [5, 5.41) is 2.11. The van der Waals surface area contributed by atoms with E-state index in [9.17, 15) is 4.79 Å². The second kappa shape index (κ2) is 8.22. The molecule has 0 N–H and O–H groups in total. The summed E-state index contributed by atoms with van der Waals surface area (Å²) in [5.74, 6) is 1.11. The van der Waals surface area contributed by atoms with Crippen molar-refractivity contribution in [2.45, 2.75) is 19.5 Å². The summed E-state index contributed by atoms with van der Waals surface area (Å²) in [6.45, 7) is 7.38. The molecule has 166 valence electrons. The fraction of sp³-hybridized carbons (Fsp3) is 0.435. The van der Waals surface area contributed by atoms with Gasteiger partial charge in [-0.1, -0.05) is 12.1 Å². The van der Waals surface area contributed by atoms with Crippen molar-refractivity contribution < 1.29 is 0 Å². The molecule has 2 aliphatic rings. The summed E-state index contributed by atoms with van der Waals surface area (Å²) in [6.07, 6.45) is 2.69. The smallest absolute Gasteiger partial charge is 0.262 e. The van der Waals surface area contributed by atoms with Crippen molar-refractivity contribution in [3.8, 4) is 0 Å². The van der Waals surface area contributed by atoms with E-state index in [0.29, 0.717) is 6.54 Å². The van der Waals surface area contributed by atoms with Crippen LogP contribution in [0.25, 0.3) is 20.3 Å². The van der Waals surface area contributed by atoms with Gasteiger partial charge in [0, 0.05) is 62.6 Å². The van der Waals surface area contributed by atoms with Crippen LogP contribution in [-0.2, 0) is 19.5 Å². The monoisotopic (exact) mass is 466 g/mol. The van der Waals surface area contributed by atoms with Crippen LogP contribution in [0, 0.1) is 0 Å². The van der Waals surface area contributed by atoms with E-state index < -0.39 is 0 Å². The number of likely N-dealkylation sites (N-methyl/N-ethyl adjacent to an activating group) is 1. The van der Waals surface area contributed by atoms with Crippen molar-refractivity contribution in [2.75, 3.05) is 51.2 Å². The van der Waals surface area contributed by atoms with E-state index in [2.05, 4.69) is 51.0 Å². The van der Waals surface area contributed by atoms with Crippen LogP contribution in [0.1, 0.15) is 10.4 Å². The van der Waals surface area contributed by atoms with Gasteiger partial charge >= 0.3 is 0 Å². The Labute approximate surface area is 194 Å². The second-order valence-corrected chi connectivity index (χ2v) is 10.6. The molecular weight excluding hydrogens is 440 g/mol. The zero-order valence-corrected chi connectivity index (χ0v) is 19.8. The fourth-order valence-electron chi connectivity index (χ4n) is 4.84. The van der Waals surface area contributed by atoms with Crippen molar-refractivity contribution in [1.82, 2.24) is 23.7 Å². The first-order valence-electron chi connectivity index (χ1n) is 11.2. The quantitative estimate of drug-likeness (QED) is 0.461. The Morgan fingerprint density at radius 2 is 1.91 bits per heavy atom. The number of rotatable bonds is 4. The summed E-state index contributed by atoms with van der Waals surface area (Å²) >= 11 is 3.26. The Hall–Kier alpha value is -2.33. The van der Waals surface area contributed by atoms with Gasteiger partial charge in [-0.15, -0.1) is 11.3 Å². The molecule has 3 aromatic heterocycles. The molecule has 6 rings (SSSR count). The van der Waals surface area contributed by atoms with Crippen LogP contribution in [0.15, 0.2) is 35.4 Å². The van der Waals surface area contributed by atoms with Crippen LogP contribution in [0.2, 0.25) is 0 Å². The van der Waals surface area contributed by atoms with Gasteiger partial charge in [-0.3, -0.25) is 14.3 Å². The van der Waals surface area contributed by atoms with Gasteiger partial charge in [0.15, 0.2) is 0 Å². The highest BCUT2D eigenvalue weighted by Gasteiger charge is 2.23. The molecular formula is C23H26N6OS2. The third kappa shape index (κ3) is 3.53. The second-order valence-electron chi connectivity index (χ2n) is 8.75. The topological polar surface area (TPSA) is 57.5 Å². The van der Waals surface area contributed by atoms with Gasteiger partial charge in [0.1, 0.15) is 10.6 Å². The average Bonchev–Trinajstić information content (AvgIpc) is 3.40. The first-order valence-corrected chi connectivity index (χ1v) is 12.8. The van der Waals surface area contributed by atoms with Gasteiger partial charge < -0.3 is 9.80 Å². The molecule has 0 unspecified atom stereocenters. The lowest BCUT2D eigenvalue weighted by Gasteiger charge is -2.35. The number of piperazine rings is 1. The van der Waals surface area contributed by atoms with E-state index in [1.165, 1.54) is 20.5 Å². The first-order chi connectivity index (χ1) is 15.7. The highest BCUT2D eigenvalue weighted by Crippen LogP contribution is 2.32. The molecule has 1 saturated heterocycles. The lowest BCUT2D eigenvalue weighted by Crippen LogP contribution is -2.47. The van der Waals surface area contributed by atoms with E-state index in [0.717, 1.165) is 68.3 Å². The molecule has 0 atom stereocenters. The number of hydrogen-bond acceptors (Lipinski definition) is 8. The normalized spacial score (nSPS) is 18.0. The molecule has 4 aromatic rings. The molecule has 0 saturated carbocycles. The molecule has 0 radical (unpaired) electrons.